The van der Waals surface area contributed by atoms with Crippen molar-refractivity contribution in [3.8, 4) is 5.75 Å². The fraction of sp³-hybridized carbons (Fsp3) is 0.697. The quantitative estimate of drug-likeness (QED) is 0.521. The van der Waals surface area contributed by atoms with E-state index in [4.69, 9.17) is 4.74 Å². The molecule has 5 fully saturated rings. The van der Waals surface area contributed by atoms with Gasteiger partial charge >= 0.3 is 0 Å². The largest absolute Gasteiger partial charge is 0.489 e. The fourth-order valence-electron chi connectivity index (χ4n) is 8.43. The molecular weight excluding hydrogens is 532 g/mol. The standard InChI is InChI=1S/C33H44N4O5/c1-33(13-4-14-33)32(41)35-15-11-21(12-16-35)23-18-36(19-23)26-5-2-3-6-28(26)42-24-7-8-25-22(17-24)20-37(31(25)40)27-9-10-29(38)34-30(27)39/h7-8,17,21,23,26-28H,2-6,9-16,18-20H2,1H3,(H,34,38,39)/t26-,27?,28+/m0/s1. The van der Waals surface area contributed by atoms with Gasteiger partial charge in [0.05, 0.1) is 0 Å². The van der Waals surface area contributed by atoms with Crippen molar-refractivity contribution in [1.82, 2.24) is 20.0 Å². The Kier molecular flexibility index (Phi) is 7.27. The van der Waals surface area contributed by atoms with Crippen molar-refractivity contribution >= 4 is 23.6 Å². The van der Waals surface area contributed by atoms with Gasteiger partial charge in [-0.15, -0.1) is 0 Å². The van der Waals surface area contributed by atoms with E-state index in [-0.39, 0.29) is 35.7 Å². The minimum absolute atomic E-state index is 0.0859. The maximum atomic E-state index is 13.1. The van der Waals surface area contributed by atoms with Crippen molar-refractivity contribution in [3.63, 3.8) is 0 Å². The summed E-state index contributed by atoms with van der Waals surface area (Å²) in [5.41, 5.74) is 1.42. The molecule has 2 aliphatic carbocycles. The summed E-state index contributed by atoms with van der Waals surface area (Å²) in [6.45, 7) is 6.61. The molecule has 226 valence electrons. The summed E-state index contributed by atoms with van der Waals surface area (Å²) in [6.07, 6.45) is 10.9. The van der Waals surface area contributed by atoms with Gasteiger partial charge < -0.3 is 14.5 Å². The van der Waals surface area contributed by atoms with E-state index in [1.165, 1.54) is 12.8 Å². The first-order valence-electron chi connectivity index (χ1n) is 16.3. The van der Waals surface area contributed by atoms with Crippen LogP contribution in [0.2, 0.25) is 0 Å². The van der Waals surface area contributed by atoms with Gasteiger partial charge in [-0.1, -0.05) is 19.8 Å². The SMILES string of the molecule is CC1(C(=O)N2CCC(C3CN([C@H]4CCCC[C@H]4Oc4ccc5c(c4)CN(C4CCC(=O)NC4=O)C5=O)C3)CC2)CCC1. The van der Waals surface area contributed by atoms with Gasteiger partial charge in [-0.2, -0.15) is 0 Å². The molecule has 6 aliphatic rings. The van der Waals surface area contributed by atoms with Crippen molar-refractivity contribution in [2.45, 2.75) is 102 Å². The number of nitrogens with one attached hydrogen (secondary N) is 1. The highest BCUT2D eigenvalue weighted by atomic mass is 16.5. The molecule has 0 radical (unpaired) electrons. The Hall–Kier alpha value is -2.94. The van der Waals surface area contributed by atoms with Crippen molar-refractivity contribution < 1.29 is 23.9 Å². The van der Waals surface area contributed by atoms with Crippen LogP contribution in [-0.2, 0) is 20.9 Å². The second-order valence-corrected chi connectivity index (χ2v) is 14.0. The molecule has 4 aliphatic heterocycles. The normalized spacial score (nSPS) is 30.4. The maximum absolute atomic E-state index is 13.1. The van der Waals surface area contributed by atoms with Gasteiger partial charge in [-0.3, -0.25) is 29.4 Å². The van der Waals surface area contributed by atoms with E-state index in [1.54, 1.807) is 4.90 Å². The number of carbonyl (C=O) groups excluding carboxylic acids is 4. The molecule has 1 N–H and O–H groups in total. The van der Waals surface area contributed by atoms with E-state index >= 15 is 0 Å². The molecule has 4 amide bonds. The third-order valence-electron chi connectivity index (χ3n) is 11.3. The highest BCUT2D eigenvalue weighted by Gasteiger charge is 2.45. The summed E-state index contributed by atoms with van der Waals surface area (Å²) in [4.78, 5) is 56.4. The summed E-state index contributed by atoms with van der Waals surface area (Å²) in [6, 6.07) is 5.51. The topological polar surface area (TPSA) is 99.3 Å². The molecule has 0 spiro atoms. The number of carbonyl (C=O) groups is 4. The fourth-order valence-corrected chi connectivity index (χ4v) is 8.43. The van der Waals surface area contributed by atoms with Crippen molar-refractivity contribution in [3.05, 3.63) is 29.3 Å². The van der Waals surface area contributed by atoms with E-state index in [0.29, 0.717) is 42.3 Å². The lowest BCUT2D eigenvalue weighted by Crippen LogP contribution is -2.60. The first-order valence-corrected chi connectivity index (χ1v) is 16.3. The van der Waals surface area contributed by atoms with Gasteiger partial charge in [0.15, 0.2) is 0 Å². The number of amides is 4. The second-order valence-electron chi connectivity index (χ2n) is 14.0. The van der Waals surface area contributed by atoms with Gasteiger partial charge in [0.2, 0.25) is 17.7 Å². The molecule has 0 bridgehead atoms. The lowest BCUT2D eigenvalue weighted by Gasteiger charge is -2.52. The maximum Gasteiger partial charge on any atom is 0.255 e. The molecule has 3 atom stereocenters. The van der Waals surface area contributed by atoms with Crippen LogP contribution in [0.1, 0.15) is 93.5 Å². The van der Waals surface area contributed by atoms with E-state index in [1.807, 2.05) is 18.2 Å². The number of likely N-dealkylation sites (tertiary alicyclic amines) is 2. The number of fused-ring (bicyclic) bond motifs is 1. The molecule has 1 aromatic carbocycles. The zero-order valence-electron chi connectivity index (χ0n) is 24.8. The smallest absolute Gasteiger partial charge is 0.255 e. The van der Waals surface area contributed by atoms with Gasteiger partial charge in [-0.05, 0) is 87.0 Å². The molecule has 1 unspecified atom stereocenters. The number of nitrogens with zero attached hydrogens (tertiary/aromatic N) is 3. The zero-order chi connectivity index (χ0) is 29.0. The molecule has 9 heteroatoms. The monoisotopic (exact) mass is 576 g/mol. The average molecular weight is 577 g/mol. The lowest BCUT2D eigenvalue weighted by atomic mass is 9.69. The van der Waals surface area contributed by atoms with E-state index in [9.17, 15) is 19.2 Å². The van der Waals surface area contributed by atoms with Crippen LogP contribution >= 0.6 is 0 Å². The predicted octanol–water partition coefficient (Wildman–Crippen LogP) is 3.50. The molecule has 2 saturated carbocycles. The first kappa shape index (κ1) is 27.9. The number of hydrogen-bond donors (Lipinski definition) is 1. The molecule has 3 saturated heterocycles. The molecule has 1 aromatic rings. The van der Waals surface area contributed by atoms with Gasteiger partial charge in [-0.25, -0.2) is 0 Å². The van der Waals surface area contributed by atoms with Crippen molar-refractivity contribution in [1.29, 1.82) is 0 Å². The Morgan fingerprint density at radius 2 is 1.71 bits per heavy atom. The number of rotatable bonds is 6. The zero-order valence-corrected chi connectivity index (χ0v) is 24.8. The van der Waals surface area contributed by atoms with E-state index in [2.05, 4.69) is 22.0 Å². The Labute approximate surface area is 248 Å². The van der Waals surface area contributed by atoms with E-state index < -0.39 is 6.04 Å². The van der Waals surface area contributed by atoms with E-state index in [0.717, 1.165) is 82.4 Å². The molecule has 42 heavy (non-hydrogen) atoms. The Morgan fingerprint density at radius 1 is 0.952 bits per heavy atom. The molecular formula is C33H44N4O5. The van der Waals surface area contributed by atoms with Crippen LogP contribution in [0.4, 0.5) is 0 Å². The average Bonchev–Trinajstić information content (AvgIpc) is 3.27. The van der Waals surface area contributed by atoms with Crippen LogP contribution < -0.4 is 10.1 Å². The highest BCUT2D eigenvalue weighted by molar-refractivity contribution is 6.05. The number of piperidine rings is 2. The summed E-state index contributed by atoms with van der Waals surface area (Å²) in [5.74, 6) is 1.80. The highest BCUT2D eigenvalue weighted by Crippen LogP contribution is 2.43. The number of hydrogen-bond acceptors (Lipinski definition) is 6. The number of ether oxygens (including phenoxy) is 1. The summed E-state index contributed by atoms with van der Waals surface area (Å²) in [7, 11) is 0. The third kappa shape index (κ3) is 5.01. The van der Waals surface area contributed by atoms with Crippen LogP contribution in [0.25, 0.3) is 0 Å². The molecule has 0 aromatic heterocycles. The molecule has 4 heterocycles. The van der Waals surface area contributed by atoms with Crippen molar-refractivity contribution in [2.75, 3.05) is 26.2 Å². The van der Waals surface area contributed by atoms with Gasteiger partial charge in [0.25, 0.3) is 5.91 Å². The predicted molar refractivity (Wildman–Crippen MR) is 155 cm³/mol. The Bertz CT molecular complexity index is 1260. The van der Waals surface area contributed by atoms with Crippen LogP contribution in [0.3, 0.4) is 0 Å². The van der Waals surface area contributed by atoms with Crippen LogP contribution in [0.5, 0.6) is 5.75 Å². The second kappa shape index (κ2) is 11.0. The van der Waals surface area contributed by atoms with Gasteiger partial charge in [0.1, 0.15) is 17.9 Å². The van der Waals surface area contributed by atoms with Crippen LogP contribution in [0.15, 0.2) is 18.2 Å². The summed E-state index contributed by atoms with van der Waals surface area (Å²) in [5, 5.41) is 2.37. The van der Waals surface area contributed by atoms with Crippen molar-refractivity contribution in [2.24, 2.45) is 17.3 Å². The Morgan fingerprint density at radius 3 is 2.43 bits per heavy atom. The van der Waals surface area contributed by atoms with Crippen LogP contribution in [-0.4, -0.2) is 82.7 Å². The summed E-state index contributed by atoms with van der Waals surface area (Å²) < 4.78 is 6.63. The minimum atomic E-state index is -0.604. The van der Waals surface area contributed by atoms with Crippen LogP contribution in [0, 0.1) is 17.3 Å². The number of imide groups is 1. The lowest BCUT2D eigenvalue weighted by molar-refractivity contribution is -0.148. The first-order chi connectivity index (χ1) is 20.3. The molecule has 9 nitrogen and oxygen atoms in total. The summed E-state index contributed by atoms with van der Waals surface area (Å²) >= 11 is 0. The number of benzene rings is 1. The third-order valence-corrected chi connectivity index (χ3v) is 11.3. The molecule has 7 rings (SSSR count). The Balaban J connectivity index is 0.932. The minimum Gasteiger partial charge on any atom is -0.489 e. The van der Waals surface area contributed by atoms with Gasteiger partial charge in [0, 0.05) is 56.2 Å².